The van der Waals surface area contributed by atoms with E-state index in [1.165, 1.54) is 6.33 Å². The van der Waals surface area contributed by atoms with Crippen molar-refractivity contribution in [3.8, 4) is 0 Å². The van der Waals surface area contributed by atoms with E-state index in [1.54, 1.807) is 6.33 Å². The fourth-order valence-corrected chi connectivity index (χ4v) is 2.26. The topological polar surface area (TPSA) is 92.5 Å². The van der Waals surface area contributed by atoms with Gasteiger partial charge in [-0.15, -0.1) is 0 Å². The van der Waals surface area contributed by atoms with E-state index in [1.807, 2.05) is 20.8 Å². The van der Waals surface area contributed by atoms with E-state index < -0.39 is 0 Å². The number of rotatable bonds is 3. The van der Waals surface area contributed by atoms with E-state index in [9.17, 15) is 0 Å². The number of fused-ring (bicyclic) bond motifs is 1. The molecule has 3 rings (SSSR count). The summed E-state index contributed by atoms with van der Waals surface area (Å²) in [6, 6.07) is 0.0349. The van der Waals surface area contributed by atoms with Gasteiger partial charge < -0.3 is 14.8 Å². The van der Waals surface area contributed by atoms with Crippen molar-refractivity contribution in [2.45, 2.75) is 26.8 Å². The number of nitrogens with zero attached hydrogens (tertiary/aromatic N) is 4. The number of H-pyrrole nitrogens is 1. The normalized spacial score (nSPS) is 12.8. The van der Waals surface area contributed by atoms with Crippen LogP contribution in [0.1, 0.15) is 30.0 Å². The Hall–Kier alpha value is -2.44. The van der Waals surface area contributed by atoms with Crippen molar-refractivity contribution < 1.29 is 4.52 Å². The largest absolute Gasteiger partial charge is 0.361 e. The van der Waals surface area contributed by atoms with Gasteiger partial charge in [0.2, 0.25) is 0 Å². The van der Waals surface area contributed by atoms with Crippen LogP contribution >= 0.6 is 0 Å². The van der Waals surface area contributed by atoms with Crippen molar-refractivity contribution >= 4 is 17.0 Å². The second-order valence-corrected chi connectivity index (χ2v) is 4.43. The average Bonchev–Trinajstić information content (AvgIpc) is 2.97. The second-order valence-electron chi connectivity index (χ2n) is 4.43. The number of aryl methyl sites for hydroxylation is 2. The SMILES string of the molecule is Cc1noc(C)c1C(C)Nc1ncnc2nc[nH]c12. The molecule has 19 heavy (non-hydrogen) atoms. The molecule has 3 aromatic heterocycles. The summed E-state index contributed by atoms with van der Waals surface area (Å²) in [5, 5.41) is 7.30. The van der Waals surface area contributed by atoms with Crippen LogP contribution in [-0.2, 0) is 0 Å². The molecule has 0 saturated carbocycles. The lowest BCUT2D eigenvalue weighted by molar-refractivity contribution is 0.392. The predicted octanol–water partition coefficient (Wildman–Crippen LogP) is 2.13. The number of aromatic amines is 1. The van der Waals surface area contributed by atoms with E-state index in [4.69, 9.17) is 4.52 Å². The van der Waals surface area contributed by atoms with E-state index in [0.29, 0.717) is 5.65 Å². The van der Waals surface area contributed by atoms with Crippen LogP contribution in [0.3, 0.4) is 0 Å². The summed E-state index contributed by atoms with van der Waals surface area (Å²) in [5.41, 5.74) is 3.36. The van der Waals surface area contributed by atoms with Crippen LogP contribution in [0.25, 0.3) is 11.2 Å². The van der Waals surface area contributed by atoms with Gasteiger partial charge in [0.15, 0.2) is 11.5 Å². The zero-order chi connectivity index (χ0) is 13.4. The fraction of sp³-hybridized carbons (Fsp3) is 0.333. The Morgan fingerprint density at radius 2 is 2.11 bits per heavy atom. The van der Waals surface area contributed by atoms with Crippen LogP contribution < -0.4 is 5.32 Å². The average molecular weight is 258 g/mol. The molecule has 2 N–H and O–H groups in total. The van der Waals surface area contributed by atoms with Gasteiger partial charge in [-0.25, -0.2) is 15.0 Å². The van der Waals surface area contributed by atoms with Gasteiger partial charge in [-0.3, -0.25) is 0 Å². The Morgan fingerprint density at radius 3 is 2.84 bits per heavy atom. The molecular formula is C12H14N6O. The van der Waals surface area contributed by atoms with Crippen molar-refractivity contribution in [1.29, 1.82) is 0 Å². The van der Waals surface area contributed by atoms with E-state index in [2.05, 4.69) is 30.4 Å². The first-order valence-corrected chi connectivity index (χ1v) is 6.00. The molecule has 0 aliphatic carbocycles. The van der Waals surface area contributed by atoms with Gasteiger partial charge >= 0.3 is 0 Å². The van der Waals surface area contributed by atoms with Crippen LogP contribution in [0.15, 0.2) is 17.2 Å². The molecule has 0 spiro atoms. The lowest BCUT2D eigenvalue weighted by Gasteiger charge is -2.14. The molecule has 0 radical (unpaired) electrons. The van der Waals surface area contributed by atoms with E-state index in [0.717, 1.165) is 28.4 Å². The molecule has 3 aromatic rings. The second kappa shape index (κ2) is 4.34. The highest BCUT2D eigenvalue weighted by Gasteiger charge is 2.18. The van der Waals surface area contributed by atoms with Crippen LogP contribution in [0.2, 0.25) is 0 Å². The summed E-state index contributed by atoms with van der Waals surface area (Å²) in [4.78, 5) is 15.5. The van der Waals surface area contributed by atoms with Crippen LogP contribution in [-0.4, -0.2) is 25.1 Å². The highest BCUT2D eigenvalue weighted by atomic mass is 16.5. The maximum absolute atomic E-state index is 5.18. The lowest BCUT2D eigenvalue weighted by Crippen LogP contribution is -2.10. The molecule has 3 heterocycles. The number of nitrogens with one attached hydrogen (secondary N) is 2. The monoisotopic (exact) mass is 258 g/mol. The van der Waals surface area contributed by atoms with Crippen molar-refractivity contribution in [2.24, 2.45) is 0 Å². The highest BCUT2D eigenvalue weighted by molar-refractivity contribution is 5.82. The quantitative estimate of drug-likeness (QED) is 0.747. The van der Waals surface area contributed by atoms with Gasteiger partial charge in [0.25, 0.3) is 0 Å². The fourth-order valence-electron chi connectivity index (χ4n) is 2.26. The molecule has 1 atom stereocenters. The lowest BCUT2D eigenvalue weighted by atomic mass is 10.1. The third-order valence-corrected chi connectivity index (χ3v) is 3.10. The summed E-state index contributed by atoms with van der Waals surface area (Å²) in [6.45, 7) is 5.87. The molecular weight excluding hydrogens is 244 g/mol. The summed E-state index contributed by atoms with van der Waals surface area (Å²) < 4.78 is 5.18. The van der Waals surface area contributed by atoms with Gasteiger partial charge in [0.05, 0.1) is 18.1 Å². The third-order valence-electron chi connectivity index (χ3n) is 3.10. The molecule has 7 heteroatoms. The number of hydrogen-bond donors (Lipinski definition) is 2. The Kier molecular flexibility index (Phi) is 2.66. The third kappa shape index (κ3) is 1.92. The Balaban J connectivity index is 1.95. The van der Waals surface area contributed by atoms with Crippen molar-refractivity contribution in [2.75, 3.05) is 5.32 Å². The van der Waals surface area contributed by atoms with Gasteiger partial charge in [-0.1, -0.05) is 5.16 Å². The molecule has 98 valence electrons. The molecule has 1 unspecified atom stereocenters. The first kappa shape index (κ1) is 11.6. The maximum atomic E-state index is 5.18. The molecule has 0 aliphatic rings. The minimum Gasteiger partial charge on any atom is -0.361 e. The molecule has 0 bridgehead atoms. The highest BCUT2D eigenvalue weighted by Crippen LogP contribution is 2.26. The number of hydrogen-bond acceptors (Lipinski definition) is 6. The molecule has 0 aromatic carbocycles. The minimum absolute atomic E-state index is 0.0349. The summed E-state index contributed by atoms with van der Waals surface area (Å²) in [6.07, 6.45) is 3.09. The van der Waals surface area contributed by atoms with Crippen LogP contribution in [0, 0.1) is 13.8 Å². The van der Waals surface area contributed by atoms with Gasteiger partial charge in [-0.2, -0.15) is 0 Å². The molecule has 0 amide bonds. The smallest absolute Gasteiger partial charge is 0.182 e. The standard InChI is InChI=1S/C12H14N6O/c1-6(9-7(2)18-19-8(9)3)17-12-10-11(14-4-13-10)15-5-16-12/h4-6H,1-3H3,(H2,13,14,15,16,17). The number of anilines is 1. The van der Waals surface area contributed by atoms with Crippen LogP contribution in [0.4, 0.5) is 5.82 Å². The van der Waals surface area contributed by atoms with Gasteiger partial charge in [0.1, 0.15) is 17.6 Å². The molecule has 7 nitrogen and oxygen atoms in total. The van der Waals surface area contributed by atoms with Crippen molar-refractivity contribution in [3.05, 3.63) is 29.7 Å². The number of imidazole rings is 1. The number of aromatic nitrogens is 5. The van der Waals surface area contributed by atoms with E-state index in [-0.39, 0.29) is 6.04 Å². The van der Waals surface area contributed by atoms with Crippen molar-refractivity contribution in [1.82, 2.24) is 25.1 Å². The first-order chi connectivity index (χ1) is 9.16. The van der Waals surface area contributed by atoms with E-state index >= 15 is 0 Å². The summed E-state index contributed by atoms with van der Waals surface area (Å²) >= 11 is 0. The van der Waals surface area contributed by atoms with Gasteiger partial charge in [-0.05, 0) is 20.8 Å². The summed E-state index contributed by atoms with van der Waals surface area (Å²) in [7, 11) is 0. The molecule has 0 fully saturated rings. The Bertz CT molecular complexity index is 696. The Labute approximate surface area is 109 Å². The zero-order valence-corrected chi connectivity index (χ0v) is 10.9. The van der Waals surface area contributed by atoms with Crippen LogP contribution in [0.5, 0.6) is 0 Å². The predicted molar refractivity (Wildman–Crippen MR) is 69.7 cm³/mol. The molecule has 0 saturated heterocycles. The zero-order valence-electron chi connectivity index (χ0n) is 10.9. The maximum Gasteiger partial charge on any atom is 0.182 e. The van der Waals surface area contributed by atoms with Crippen molar-refractivity contribution in [3.63, 3.8) is 0 Å². The minimum atomic E-state index is 0.0349. The summed E-state index contributed by atoms with van der Waals surface area (Å²) in [5.74, 6) is 1.53. The Morgan fingerprint density at radius 1 is 1.26 bits per heavy atom. The first-order valence-electron chi connectivity index (χ1n) is 6.00. The van der Waals surface area contributed by atoms with Gasteiger partial charge in [0, 0.05) is 5.56 Å². The molecule has 0 aliphatic heterocycles.